The molecule has 2 nitrogen and oxygen atoms in total. The lowest BCUT2D eigenvalue weighted by Crippen LogP contribution is -2.42. The molecule has 16 heavy (non-hydrogen) atoms. The van der Waals surface area contributed by atoms with Gasteiger partial charge in [-0.1, -0.05) is 0 Å². The van der Waals surface area contributed by atoms with Crippen LogP contribution in [0.3, 0.4) is 0 Å². The lowest BCUT2D eigenvalue weighted by atomic mass is 10.2. The molecule has 0 aliphatic carbocycles. The molecule has 1 aromatic rings. The third-order valence-electron chi connectivity index (χ3n) is 2.09. The van der Waals surface area contributed by atoms with Crippen molar-refractivity contribution < 1.29 is 22.0 Å². The van der Waals surface area contributed by atoms with Crippen LogP contribution >= 0.6 is 0 Å². The Balaban J connectivity index is 2.33. The third-order valence-corrected chi connectivity index (χ3v) is 2.09. The van der Waals surface area contributed by atoms with E-state index in [-0.39, 0.29) is 6.04 Å². The van der Waals surface area contributed by atoms with E-state index < -0.39 is 18.9 Å². The van der Waals surface area contributed by atoms with Crippen LogP contribution in [0.4, 0.5) is 17.6 Å². The first kappa shape index (κ1) is 13.0. The fraction of sp³-hybridized carbons (Fsp3) is 0.600. The minimum Gasteiger partial charge on any atom is -0.469 e. The summed E-state index contributed by atoms with van der Waals surface area (Å²) < 4.78 is 53.8. The van der Waals surface area contributed by atoms with Crippen molar-refractivity contribution in [2.45, 2.75) is 31.7 Å². The van der Waals surface area contributed by atoms with Crippen LogP contribution in [0.25, 0.3) is 0 Å². The number of nitrogens with one attached hydrogen (secondary N) is 1. The second kappa shape index (κ2) is 5.34. The zero-order valence-corrected chi connectivity index (χ0v) is 8.72. The van der Waals surface area contributed by atoms with E-state index in [4.69, 9.17) is 4.42 Å². The Hall–Kier alpha value is -1.04. The van der Waals surface area contributed by atoms with Gasteiger partial charge in [-0.15, -0.1) is 0 Å². The van der Waals surface area contributed by atoms with Crippen LogP contribution in [-0.2, 0) is 6.42 Å². The average Bonchev–Trinajstić information content (AvgIpc) is 2.67. The Morgan fingerprint density at radius 3 is 2.62 bits per heavy atom. The minimum absolute atomic E-state index is 0.351. The Kier molecular flexibility index (Phi) is 4.35. The first-order chi connectivity index (χ1) is 7.42. The van der Waals surface area contributed by atoms with Crippen molar-refractivity contribution >= 4 is 0 Å². The van der Waals surface area contributed by atoms with Gasteiger partial charge in [0.1, 0.15) is 5.76 Å². The van der Waals surface area contributed by atoms with Crippen LogP contribution in [0, 0.1) is 0 Å². The van der Waals surface area contributed by atoms with Crippen LogP contribution in [-0.4, -0.2) is 24.9 Å². The van der Waals surface area contributed by atoms with Crippen LogP contribution in [0.1, 0.15) is 12.7 Å². The first-order valence-electron chi connectivity index (χ1n) is 4.83. The van der Waals surface area contributed by atoms with E-state index in [0.717, 1.165) is 0 Å². The van der Waals surface area contributed by atoms with Gasteiger partial charge in [0.2, 0.25) is 0 Å². The summed E-state index contributed by atoms with van der Waals surface area (Å²) in [5.74, 6) is -3.36. The molecule has 1 aromatic heterocycles. The Morgan fingerprint density at radius 2 is 2.12 bits per heavy atom. The molecule has 0 aliphatic heterocycles. The third kappa shape index (κ3) is 3.84. The van der Waals surface area contributed by atoms with Gasteiger partial charge in [-0.2, -0.15) is 8.78 Å². The zero-order valence-electron chi connectivity index (χ0n) is 8.72. The molecule has 0 radical (unpaired) electrons. The van der Waals surface area contributed by atoms with E-state index in [1.807, 2.05) is 0 Å². The molecule has 0 bridgehead atoms. The molecule has 0 aliphatic rings. The standard InChI is InChI=1S/C10H13F4NO/c1-7(5-8-3-2-4-16-8)15-6-10(13,14)9(11)12/h2-4,7,9,15H,5-6H2,1H3. The minimum atomic E-state index is -3.99. The summed E-state index contributed by atoms with van der Waals surface area (Å²) >= 11 is 0. The maximum absolute atomic E-state index is 12.5. The van der Waals surface area contributed by atoms with Crippen molar-refractivity contribution in [3.05, 3.63) is 24.2 Å². The Morgan fingerprint density at radius 1 is 1.44 bits per heavy atom. The van der Waals surface area contributed by atoms with Crippen LogP contribution in [0.15, 0.2) is 22.8 Å². The molecule has 6 heteroatoms. The fourth-order valence-corrected chi connectivity index (χ4v) is 1.19. The van der Waals surface area contributed by atoms with Crippen molar-refractivity contribution in [2.24, 2.45) is 0 Å². The summed E-state index contributed by atoms with van der Waals surface area (Å²) in [4.78, 5) is 0. The fourth-order valence-electron chi connectivity index (χ4n) is 1.19. The van der Waals surface area contributed by atoms with E-state index in [2.05, 4.69) is 5.32 Å². The van der Waals surface area contributed by atoms with Crippen LogP contribution < -0.4 is 5.32 Å². The molecule has 1 rings (SSSR count). The Labute approximate surface area is 90.6 Å². The van der Waals surface area contributed by atoms with Gasteiger partial charge in [-0.05, 0) is 19.1 Å². The van der Waals surface area contributed by atoms with Crippen LogP contribution in [0.2, 0.25) is 0 Å². The van der Waals surface area contributed by atoms with Gasteiger partial charge in [0.05, 0.1) is 12.8 Å². The van der Waals surface area contributed by atoms with Gasteiger partial charge in [-0.3, -0.25) is 0 Å². The SMILES string of the molecule is CC(Cc1ccco1)NCC(F)(F)C(F)F. The maximum Gasteiger partial charge on any atom is 0.319 e. The number of alkyl halides is 4. The van der Waals surface area contributed by atoms with Crippen molar-refractivity contribution in [2.75, 3.05) is 6.54 Å². The van der Waals surface area contributed by atoms with E-state index >= 15 is 0 Å². The molecule has 0 spiro atoms. The van der Waals surface area contributed by atoms with Gasteiger partial charge in [0.25, 0.3) is 0 Å². The van der Waals surface area contributed by atoms with E-state index in [0.29, 0.717) is 12.2 Å². The topological polar surface area (TPSA) is 25.2 Å². The molecule has 1 atom stereocenters. The number of rotatable bonds is 6. The van der Waals surface area contributed by atoms with Crippen molar-refractivity contribution in [1.29, 1.82) is 0 Å². The second-order valence-electron chi connectivity index (χ2n) is 3.63. The molecule has 0 fully saturated rings. The van der Waals surface area contributed by atoms with Gasteiger partial charge in [-0.25, -0.2) is 8.78 Å². The van der Waals surface area contributed by atoms with Gasteiger partial charge in [0.15, 0.2) is 0 Å². The molecular formula is C10H13F4NO. The van der Waals surface area contributed by atoms with E-state index in [1.54, 1.807) is 19.1 Å². The number of furan rings is 1. The second-order valence-corrected chi connectivity index (χ2v) is 3.63. The monoisotopic (exact) mass is 239 g/mol. The molecule has 0 amide bonds. The lowest BCUT2D eigenvalue weighted by molar-refractivity contribution is -0.126. The van der Waals surface area contributed by atoms with Crippen molar-refractivity contribution in [3.63, 3.8) is 0 Å². The number of hydrogen-bond acceptors (Lipinski definition) is 2. The average molecular weight is 239 g/mol. The lowest BCUT2D eigenvalue weighted by Gasteiger charge is -2.19. The van der Waals surface area contributed by atoms with Crippen molar-refractivity contribution in [3.8, 4) is 0 Å². The quantitative estimate of drug-likeness (QED) is 0.772. The summed E-state index contributed by atoms with van der Waals surface area (Å²) in [7, 11) is 0. The Bertz CT molecular complexity index is 300. The molecule has 0 aromatic carbocycles. The molecular weight excluding hydrogens is 226 g/mol. The highest BCUT2D eigenvalue weighted by molar-refractivity contribution is 5.00. The molecule has 0 saturated heterocycles. The maximum atomic E-state index is 12.5. The van der Waals surface area contributed by atoms with Gasteiger partial charge < -0.3 is 9.73 Å². The summed E-state index contributed by atoms with van der Waals surface area (Å²) in [6.45, 7) is 0.594. The molecule has 1 N–H and O–H groups in total. The zero-order chi connectivity index (χ0) is 12.2. The highest BCUT2D eigenvalue weighted by Gasteiger charge is 2.40. The first-order valence-corrected chi connectivity index (χ1v) is 4.83. The van der Waals surface area contributed by atoms with Gasteiger partial charge in [0, 0.05) is 12.5 Å². The predicted octanol–water partition coefficient (Wildman–Crippen LogP) is 2.70. The summed E-state index contributed by atoms with van der Waals surface area (Å²) in [5.41, 5.74) is 0. The summed E-state index contributed by atoms with van der Waals surface area (Å²) in [5, 5.41) is 2.35. The van der Waals surface area contributed by atoms with E-state index in [9.17, 15) is 17.6 Å². The van der Waals surface area contributed by atoms with Crippen molar-refractivity contribution in [1.82, 2.24) is 5.32 Å². The molecule has 1 unspecified atom stereocenters. The highest BCUT2D eigenvalue weighted by atomic mass is 19.3. The summed E-state index contributed by atoms with van der Waals surface area (Å²) in [6.07, 6.45) is -1.79. The number of hydrogen-bond donors (Lipinski definition) is 1. The molecule has 92 valence electrons. The highest BCUT2D eigenvalue weighted by Crippen LogP contribution is 2.21. The summed E-state index contributed by atoms with van der Waals surface area (Å²) in [6, 6.07) is 3.02. The number of halogens is 4. The normalized spacial score (nSPS) is 14.4. The smallest absolute Gasteiger partial charge is 0.319 e. The van der Waals surface area contributed by atoms with E-state index in [1.165, 1.54) is 6.26 Å². The van der Waals surface area contributed by atoms with Gasteiger partial charge >= 0.3 is 12.3 Å². The van der Waals surface area contributed by atoms with Crippen LogP contribution in [0.5, 0.6) is 0 Å². The molecule has 1 heterocycles. The predicted molar refractivity (Wildman–Crippen MR) is 50.8 cm³/mol. The molecule has 0 saturated carbocycles. The largest absolute Gasteiger partial charge is 0.469 e.